The van der Waals surface area contributed by atoms with E-state index in [0.717, 1.165) is 37.8 Å². The highest BCUT2D eigenvalue weighted by atomic mass is 16.4. The van der Waals surface area contributed by atoms with E-state index in [0.29, 0.717) is 24.0 Å². The summed E-state index contributed by atoms with van der Waals surface area (Å²) in [6.45, 7) is 1.87. The van der Waals surface area contributed by atoms with E-state index in [1.807, 2.05) is 19.1 Å². The molecule has 4 bridgehead atoms. The zero-order valence-corrected chi connectivity index (χ0v) is 13.8. The first-order chi connectivity index (χ1) is 11.4. The predicted molar refractivity (Wildman–Crippen MR) is 87.7 cm³/mol. The van der Waals surface area contributed by atoms with Crippen LogP contribution in [0.1, 0.15) is 54.7 Å². The summed E-state index contributed by atoms with van der Waals surface area (Å²) in [7, 11) is 0. The molecule has 24 heavy (non-hydrogen) atoms. The van der Waals surface area contributed by atoms with E-state index in [1.165, 1.54) is 0 Å². The summed E-state index contributed by atoms with van der Waals surface area (Å²) in [4.78, 5) is 28.3. The van der Waals surface area contributed by atoms with Gasteiger partial charge in [-0.25, -0.2) is 9.78 Å². The number of carbonyl (C=O) groups excluding carboxylic acids is 1. The Bertz CT molecular complexity index is 689. The third kappa shape index (κ3) is 2.64. The summed E-state index contributed by atoms with van der Waals surface area (Å²) >= 11 is 0. The van der Waals surface area contributed by atoms with Gasteiger partial charge in [-0.05, 0) is 69.4 Å². The van der Waals surface area contributed by atoms with E-state index in [2.05, 4.69) is 15.6 Å². The molecule has 2 amide bonds. The highest BCUT2D eigenvalue weighted by molar-refractivity contribution is 5.92. The van der Waals surface area contributed by atoms with Crippen LogP contribution in [-0.2, 0) is 0 Å². The molecule has 1 aromatic heterocycles. The van der Waals surface area contributed by atoms with Gasteiger partial charge in [-0.3, -0.25) is 4.79 Å². The highest BCUT2D eigenvalue weighted by Crippen LogP contribution is 2.57. The maximum atomic E-state index is 12.7. The van der Waals surface area contributed by atoms with Gasteiger partial charge in [-0.15, -0.1) is 0 Å². The summed E-state index contributed by atoms with van der Waals surface area (Å²) in [5.74, 6) is 0.832. The molecule has 2 unspecified atom stereocenters. The molecular weight excluding hydrogens is 306 g/mol. The Morgan fingerprint density at radius 3 is 2.33 bits per heavy atom. The Morgan fingerprint density at radius 2 is 1.75 bits per heavy atom. The maximum Gasteiger partial charge on any atom is 0.405 e. The maximum absolute atomic E-state index is 12.7. The zero-order chi connectivity index (χ0) is 16.9. The van der Waals surface area contributed by atoms with E-state index in [-0.39, 0.29) is 17.0 Å². The molecule has 4 aliphatic carbocycles. The number of hydrogen-bond acceptors (Lipinski definition) is 3. The van der Waals surface area contributed by atoms with E-state index >= 15 is 0 Å². The lowest BCUT2D eigenvalue weighted by atomic mass is 9.50. The molecule has 3 N–H and O–H groups in total. The van der Waals surface area contributed by atoms with Gasteiger partial charge < -0.3 is 15.7 Å². The van der Waals surface area contributed by atoms with Gasteiger partial charge in [0.25, 0.3) is 5.91 Å². The Morgan fingerprint density at radius 1 is 1.12 bits per heavy atom. The van der Waals surface area contributed by atoms with Crippen molar-refractivity contribution in [1.82, 2.24) is 15.6 Å². The standard InChI is InChI=1S/C18H23N3O3/c1-11-3-2-4-14(19-11)15(22)20-17-6-12-5-13(7-17)9-18(8-12,10-17)21-16(23)24/h2-4,12-13,21H,5-10H2,1H3,(H,20,22)(H,23,24). The Labute approximate surface area is 141 Å². The van der Waals surface area contributed by atoms with Crippen LogP contribution in [0.5, 0.6) is 0 Å². The molecule has 4 saturated carbocycles. The molecule has 6 heteroatoms. The van der Waals surface area contributed by atoms with Crippen molar-refractivity contribution in [3.05, 3.63) is 29.6 Å². The van der Waals surface area contributed by atoms with Crippen LogP contribution in [-0.4, -0.2) is 33.2 Å². The van der Waals surface area contributed by atoms with Crippen molar-refractivity contribution in [2.45, 2.75) is 56.5 Å². The molecule has 0 spiro atoms. The Hall–Kier alpha value is -2.11. The fourth-order valence-corrected chi connectivity index (χ4v) is 5.76. The number of aromatic nitrogens is 1. The second-order valence-corrected chi connectivity index (χ2v) is 8.07. The van der Waals surface area contributed by atoms with Crippen LogP contribution in [0.4, 0.5) is 4.79 Å². The molecule has 1 aromatic rings. The van der Waals surface area contributed by atoms with Crippen molar-refractivity contribution >= 4 is 12.0 Å². The first-order valence-electron chi connectivity index (χ1n) is 8.64. The van der Waals surface area contributed by atoms with Crippen molar-refractivity contribution in [2.75, 3.05) is 0 Å². The lowest BCUT2D eigenvalue weighted by molar-refractivity contribution is -0.0453. The van der Waals surface area contributed by atoms with E-state index in [4.69, 9.17) is 0 Å². The van der Waals surface area contributed by atoms with Crippen molar-refractivity contribution in [1.29, 1.82) is 0 Å². The quantitative estimate of drug-likeness (QED) is 0.794. The molecule has 0 radical (unpaired) electrons. The minimum absolute atomic E-state index is 0.147. The van der Waals surface area contributed by atoms with Crippen molar-refractivity contribution in [3.8, 4) is 0 Å². The summed E-state index contributed by atoms with van der Waals surface area (Å²) in [6, 6.07) is 5.44. The molecule has 5 rings (SSSR count). The normalized spacial score (nSPS) is 36.4. The van der Waals surface area contributed by atoms with Gasteiger partial charge in [-0.1, -0.05) is 6.07 Å². The van der Waals surface area contributed by atoms with Gasteiger partial charge in [-0.2, -0.15) is 0 Å². The molecule has 6 nitrogen and oxygen atoms in total. The number of carboxylic acid groups (broad SMARTS) is 1. The third-order valence-electron chi connectivity index (χ3n) is 5.93. The van der Waals surface area contributed by atoms with Crippen LogP contribution in [0.25, 0.3) is 0 Å². The molecular formula is C18H23N3O3. The number of nitrogens with one attached hydrogen (secondary N) is 2. The zero-order valence-electron chi connectivity index (χ0n) is 13.8. The van der Waals surface area contributed by atoms with Gasteiger partial charge >= 0.3 is 6.09 Å². The Balaban J connectivity index is 1.58. The molecule has 4 aliphatic rings. The molecule has 0 saturated heterocycles. The number of aryl methyl sites for hydroxylation is 1. The molecule has 0 aliphatic heterocycles. The lowest BCUT2D eigenvalue weighted by Gasteiger charge is -2.61. The van der Waals surface area contributed by atoms with Crippen LogP contribution in [0, 0.1) is 18.8 Å². The second kappa shape index (κ2) is 5.19. The summed E-state index contributed by atoms with van der Waals surface area (Å²) in [6.07, 6.45) is 4.58. The summed E-state index contributed by atoms with van der Waals surface area (Å²) < 4.78 is 0. The largest absolute Gasteiger partial charge is 0.465 e. The van der Waals surface area contributed by atoms with Gasteiger partial charge in [0.15, 0.2) is 0 Å². The van der Waals surface area contributed by atoms with Crippen LogP contribution in [0.3, 0.4) is 0 Å². The minimum atomic E-state index is -0.959. The molecule has 4 fully saturated rings. The van der Waals surface area contributed by atoms with Crippen molar-refractivity contribution in [2.24, 2.45) is 11.8 Å². The van der Waals surface area contributed by atoms with E-state index in [1.54, 1.807) is 6.07 Å². The first kappa shape index (κ1) is 15.4. The smallest absolute Gasteiger partial charge is 0.405 e. The number of carbonyl (C=O) groups is 2. The molecule has 1 heterocycles. The predicted octanol–water partition coefficient (Wildman–Crippen LogP) is 2.48. The van der Waals surface area contributed by atoms with Gasteiger partial charge in [0.05, 0.1) is 0 Å². The monoisotopic (exact) mass is 329 g/mol. The molecule has 128 valence electrons. The second-order valence-electron chi connectivity index (χ2n) is 8.07. The van der Waals surface area contributed by atoms with Gasteiger partial charge in [0.1, 0.15) is 5.69 Å². The summed E-state index contributed by atoms with van der Waals surface area (Å²) in [5.41, 5.74) is 0.585. The number of pyridine rings is 1. The van der Waals surface area contributed by atoms with E-state index in [9.17, 15) is 14.7 Å². The highest BCUT2D eigenvalue weighted by Gasteiger charge is 2.58. The molecule has 0 aromatic carbocycles. The fourth-order valence-electron chi connectivity index (χ4n) is 5.76. The first-order valence-corrected chi connectivity index (χ1v) is 8.64. The molecule has 2 atom stereocenters. The third-order valence-corrected chi connectivity index (χ3v) is 5.93. The van der Waals surface area contributed by atoms with Crippen LogP contribution in [0.15, 0.2) is 18.2 Å². The summed E-state index contributed by atoms with van der Waals surface area (Å²) in [5, 5.41) is 15.3. The van der Waals surface area contributed by atoms with Gasteiger partial charge in [0.2, 0.25) is 0 Å². The number of nitrogens with zero attached hydrogens (tertiary/aromatic N) is 1. The number of rotatable bonds is 3. The van der Waals surface area contributed by atoms with Crippen molar-refractivity contribution < 1.29 is 14.7 Å². The topological polar surface area (TPSA) is 91.3 Å². The lowest BCUT2D eigenvalue weighted by Crippen LogP contribution is -2.69. The average Bonchev–Trinajstić information content (AvgIpc) is 2.43. The van der Waals surface area contributed by atoms with Crippen LogP contribution >= 0.6 is 0 Å². The van der Waals surface area contributed by atoms with E-state index < -0.39 is 6.09 Å². The SMILES string of the molecule is Cc1cccc(C(=O)NC23CC4CC(CC(NC(=O)O)(C4)C2)C3)n1. The van der Waals surface area contributed by atoms with Crippen LogP contribution < -0.4 is 10.6 Å². The van der Waals surface area contributed by atoms with Crippen molar-refractivity contribution in [3.63, 3.8) is 0 Å². The Kier molecular flexibility index (Phi) is 3.34. The fraction of sp³-hybridized carbons (Fsp3) is 0.611. The minimum Gasteiger partial charge on any atom is -0.465 e. The van der Waals surface area contributed by atoms with Crippen LogP contribution in [0.2, 0.25) is 0 Å². The average molecular weight is 329 g/mol. The number of hydrogen-bond donors (Lipinski definition) is 3. The van der Waals surface area contributed by atoms with Gasteiger partial charge in [0, 0.05) is 16.8 Å². The number of amides is 2.